The van der Waals surface area contributed by atoms with Crippen LogP contribution in [0.4, 0.5) is 0 Å². The smallest absolute Gasteiger partial charge is 0.375 e. The highest BCUT2D eigenvalue weighted by Gasteiger charge is 2.21. The lowest BCUT2D eigenvalue weighted by Crippen LogP contribution is -2.13. The normalized spacial score (nSPS) is 25.8. The van der Waals surface area contributed by atoms with E-state index in [0.717, 1.165) is 6.42 Å². The van der Waals surface area contributed by atoms with Crippen molar-refractivity contribution in [1.82, 2.24) is 0 Å². The highest BCUT2D eigenvalue weighted by molar-refractivity contribution is 7.46. The SMILES string of the molecule is O=P(O)(O)OCC1[CH]CCO1. The molecule has 0 aromatic heterocycles. The predicted molar refractivity (Wildman–Crippen MR) is 36.7 cm³/mol. The molecule has 0 amide bonds. The molecule has 1 atom stereocenters. The molecule has 1 rings (SSSR count). The van der Waals surface area contributed by atoms with Crippen molar-refractivity contribution in [3.05, 3.63) is 6.42 Å². The first kappa shape index (κ1) is 9.16. The van der Waals surface area contributed by atoms with Crippen LogP contribution in [0.5, 0.6) is 0 Å². The summed E-state index contributed by atoms with van der Waals surface area (Å²) in [6.45, 7) is 0.541. The summed E-state index contributed by atoms with van der Waals surface area (Å²) in [6.07, 6.45) is 2.38. The number of hydrogen-bond donors (Lipinski definition) is 2. The Labute approximate surface area is 64.6 Å². The molecule has 0 saturated carbocycles. The van der Waals surface area contributed by atoms with E-state index in [0.29, 0.717) is 6.61 Å². The van der Waals surface area contributed by atoms with Crippen molar-refractivity contribution in [2.45, 2.75) is 12.5 Å². The molecule has 0 bridgehead atoms. The zero-order valence-electron chi connectivity index (χ0n) is 5.84. The van der Waals surface area contributed by atoms with Gasteiger partial charge in [-0.15, -0.1) is 0 Å². The topological polar surface area (TPSA) is 76.0 Å². The average Bonchev–Trinajstić information content (AvgIpc) is 2.32. The fourth-order valence-electron chi connectivity index (χ4n) is 0.828. The van der Waals surface area contributed by atoms with Gasteiger partial charge in [-0.2, -0.15) is 0 Å². The van der Waals surface area contributed by atoms with Gasteiger partial charge in [-0.3, -0.25) is 4.52 Å². The Morgan fingerprint density at radius 3 is 2.91 bits per heavy atom. The largest absolute Gasteiger partial charge is 0.469 e. The lowest BCUT2D eigenvalue weighted by atomic mass is 10.2. The Kier molecular flexibility index (Phi) is 3.04. The van der Waals surface area contributed by atoms with Gasteiger partial charge in [-0.25, -0.2) is 4.57 Å². The van der Waals surface area contributed by atoms with Crippen molar-refractivity contribution in [2.24, 2.45) is 0 Å². The molecule has 6 heteroatoms. The third-order valence-electron chi connectivity index (χ3n) is 1.29. The predicted octanol–water partition coefficient (Wildman–Crippen LogP) is 0.0889. The minimum Gasteiger partial charge on any atom is -0.375 e. The number of ether oxygens (including phenoxy) is 1. The first-order valence-electron chi connectivity index (χ1n) is 3.23. The fraction of sp³-hybridized carbons (Fsp3) is 0.800. The Morgan fingerprint density at radius 2 is 2.45 bits per heavy atom. The molecule has 1 fully saturated rings. The Balaban J connectivity index is 2.16. The lowest BCUT2D eigenvalue weighted by Gasteiger charge is -2.09. The Morgan fingerprint density at radius 1 is 1.73 bits per heavy atom. The third-order valence-corrected chi connectivity index (χ3v) is 1.77. The minimum atomic E-state index is -4.32. The molecule has 0 aromatic carbocycles. The van der Waals surface area contributed by atoms with E-state index in [1.54, 1.807) is 0 Å². The van der Waals surface area contributed by atoms with Crippen LogP contribution in [-0.4, -0.2) is 29.1 Å². The molecule has 5 nitrogen and oxygen atoms in total. The monoisotopic (exact) mass is 181 g/mol. The van der Waals surface area contributed by atoms with E-state index < -0.39 is 7.82 Å². The second-order valence-corrected chi connectivity index (χ2v) is 3.46. The molecule has 1 unspecified atom stereocenters. The molecule has 1 heterocycles. The van der Waals surface area contributed by atoms with Gasteiger partial charge in [-0.1, -0.05) is 0 Å². The second kappa shape index (κ2) is 3.65. The maximum absolute atomic E-state index is 10.2. The zero-order chi connectivity index (χ0) is 8.32. The molecule has 11 heavy (non-hydrogen) atoms. The van der Waals surface area contributed by atoms with E-state index in [4.69, 9.17) is 14.5 Å². The van der Waals surface area contributed by atoms with E-state index in [1.807, 2.05) is 6.42 Å². The van der Waals surface area contributed by atoms with Gasteiger partial charge in [0.1, 0.15) is 0 Å². The molecule has 1 aliphatic rings. The molecular formula is C5H10O5P. The molecule has 1 radical (unpaired) electrons. The standard InChI is InChI=1S/C5H10O5P/c6-11(7,8)10-4-5-2-1-3-9-5/h2,5H,1,3-4H2,(H2,6,7,8). The summed E-state index contributed by atoms with van der Waals surface area (Å²) in [5.74, 6) is 0. The van der Waals surface area contributed by atoms with Crippen LogP contribution in [0.15, 0.2) is 0 Å². The van der Waals surface area contributed by atoms with Crippen LogP contribution < -0.4 is 0 Å². The second-order valence-electron chi connectivity index (χ2n) is 2.22. The molecule has 0 spiro atoms. The minimum absolute atomic E-state index is 0.0652. The summed E-state index contributed by atoms with van der Waals surface area (Å²) in [5, 5.41) is 0. The van der Waals surface area contributed by atoms with Crippen molar-refractivity contribution in [1.29, 1.82) is 0 Å². The van der Waals surface area contributed by atoms with Gasteiger partial charge >= 0.3 is 7.82 Å². The first-order valence-corrected chi connectivity index (χ1v) is 4.76. The molecular weight excluding hydrogens is 171 g/mol. The van der Waals surface area contributed by atoms with E-state index >= 15 is 0 Å². The highest BCUT2D eigenvalue weighted by atomic mass is 31.2. The molecule has 65 valence electrons. The quantitative estimate of drug-likeness (QED) is 0.603. The van der Waals surface area contributed by atoms with Gasteiger partial charge in [0, 0.05) is 6.61 Å². The summed E-state index contributed by atoms with van der Waals surface area (Å²) in [5.41, 5.74) is 0. The summed E-state index contributed by atoms with van der Waals surface area (Å²) >= 11 is 0. The summed E-state index contributed by atoms with van der Waals surface area (Å²) in [7, 11) is -4.32. The van der Waals surface area contributed by atoms with Gasteiger partial charge in [-0.05, 0) is 12.8 Å². The number of hydrogen-bond acceptors (Lipinski definition) is 3. The maximum Gasteiger partial charge on any atom is 0.469 e. The van der Waals surface area contributed by atoms with Crippen LogP contribution in [-0.2, 0) is 13.8 Å². The molecule has 0 aliphatic carbocycles. The fourth-order valence-corrected chi connectivity index (χ4v) is 1.17. The van der Waals surface area contributed by atoms with Crippen LogP contribution in [0, 0.1) is 6.42 Å². The lowest BCUT2D eigenvalue weighted by molar-refractivity contribution is 0.0661. The van der Waals surface area contributed by atoms with E-state index in [1.165, 1.54) is 0 Å². The van der Waals surface area contributed by atoms with Crippen molar-refractivity contribution in [3.8, 4) is 0 Å². The van der Waals surface area contributed by atoms with Crippen LogP contribution in [0.25, 0.3) is 0 Å². The van der Waals surface area contributed by atoms with E-state index in [2.05, 4.69) is 4.52 Å². The molecule has 2 N–H and O–H groups in total. The maximum atomic E-state index is 10.2. The summed E-state index contributed by atoms with van der Waals surface area (Å²) in [4.78, 5) is 16.6. The number of rotatable bonds is 3. The summed E-state index contributed by atoms with van der Waals surface area (Å²) in [6, 6.07) is 0. The van der Waals surface area contributed by atoms with E-state index in [9.17, 15) is 4.57 Å². The Bertz CT molecular complexity index is 158. The number of phosphoric acid groups is 1. The van der Waals surface area contributed by atoms with Gasteiger partial charge in [0.05, 0.1) is 12.7 Å². The Hall–Kier alpha value is 0.0700. The first-order chi connectivity index (χ1) is 5.08. The van der Waals surface area contributed by atoms with Crippen molar-refractivity contribution in [3.63, 3.8) is 0 Å². The van der Waals surface area contributed by atoms with Crippen LogP contribution in [0.1, 0.15) is 6.42 Å². The van der Waals surface area contributed by atoms with Gasteiger partial charge in [0.15, 0.2) is 0 Å². The highest BCUT2D eigenvalue weighted by Crippen LogP contribution is 2.36. The van der Waals surface area contributed by atoms with Crippen LogP contribution in [0.3, 0.4) is 0 Å². The zero-order valence-corrected chi connectivity index (χ0v) is 6.74. The average molecular weight is 181 g/mol. The molecule has 0 aromatic rings. The van der Waals surface area contributed by atoms with E-state index in [-0.39, 0.29) is 12.7 Å². The number of phosphoric ester groups is 1. The summed E-state index contributed by atoms with van der Waals surface area (Å²) < 4.78 is 19.4. The van der Waals surface area contributed by atoms with Crippen molar-refractivity contribution >= 4 is 7.82 Å². The molecule has 1 aliphatic heterocycles. The van der Waals surface area contributed by atoms with Crippen LogP contribution >= 0.6 is 7.82 Å². The van der Waals surface area contributed by atoms with Crippen molar-refractivity contribution < 1.29 is 23.6 Å². The van der Waals surface area contributed by atoms with Gasteiger partial charge in [0.2, 0.25) is 0 Å². The van der Waals surface area contributed by atoms with Crippen LogP contribution in [0.2, 0.25) is 0 Å². The van der Waals surface area contributed by atoms with Gasteiger partial charge in [0.25, 0.3) is 0 Å². The van der Waals surface area contributed by atoms with Crippen molar-refractivity contribution in [2.75, 3.05) is 13.2 Å². The third kappa shape index (κ3) is 3.84. The van der Waals surface area contributed by atoms with Gasteiger partial charge < -0.3 is 14.5 Å². The molecule has 1 saturated heterocycles.